The Balaban J connectivity index is 2.26. The molecule has 2 N–H and O–H groups in total. The zero-order valence-electron chi connectivity index (χ0n) is 8.85. The van der Waals surface area contributed by atoms with Crippen molar-refractivity contribution in [2.75, 3.05) is 0 Å². The Morgan fingerprint density at radius 1 is 0.875 bits per heavy atom. The number of ketones is 2. The molecule has 0 aromatic heterocycles. The van der Waals surface area contributed by atoms with Gasteiger partial charge in [-0.3, -0.25) is 9.59 Å². The number of carbonyl (C=O) groups excluding carboxylic acids is 2. The van der Waals surface area contributed by atoms with Crippen LogP contribution in [0.2, 0.25) is 0 Å². The van der Waals surface area contributed by atoms with Gasteiger partial charge in [0.1, 0.15) is 0 Å². The van der Waals surface area contributed by atoms with Crippen molar-refractivity contribution in [3.05, 3.63) is 23.7 Å². The van der Waals surface area contributed by atoms with Crippen molar-refractivity contribution in [3.63, 3.8) is 0 Å². The maximum absolute atomic E-state index is 11.9. The maximum atomic E-state index is 11.9. The van der Waals surface area contributed by atoms with Gasteiger partial charge in [-0.15, -0.1) is 0 Å². The van der Waals surface area contributed by atoms with Gasteiger partial charge in [0.15, 0.2) is 11.6 Å². The molecular weight excluding hydrogens is 208 g/mol. The molecule has 0 saturated heterocycles. The fourth-order valence-electron chi connectivity index (χ4n) is 2.63. The first kappa shape index (κ1) is 10.9. The predicted octanol–water partition coefficient (Wildman–Crippen LogP) is 1.83. The number of allylic oxidation sites excluding steroid dienone is 2. The molecule has 0 amide bonds. The van der Waals surface area contributed by atoms with Crippen LogP contribution in [-0.2, 0) is 9.59 Å². The third-order valence-electron chi connectivity index (χ3n) is 3.55. The molecule has 0 bridgehead atoms. The van der Waals surface area contributed by atoms with Crippen LogP contribution in [0.25, 0.3) is 0 Å². The topological polar surface area (TPSA) is 74.6 Å². The molecule has 2 rings (SSSR count). The van der Waals surface area contributed by atoms with E-state index < -0.39 is 0 Å². The molecule has 0 radical (unpaired) electrons. The normalized spacial score (nSPS) is 35.5. The quantitative estimate of drug-likeness (QED) is 0.484. The standard InChI is InChI=1S/C12H14O4/c13-5-7-1-3-9-10(11(7)15)4-2-8(6-14)12(9)16/h5-6,9-10,13-14H,1-4H2/t9-,10+. The van der Waals surface area contributed by atoms with Crippen molar-refractivity contribution >= 4 is 11.6 Å². The molecular formula is C12H14O4. The van der Waals surface area contributed by atoms with Crippen LogP contribution >= 0.6 is 0 Å². The van der Waals surface area contributed by atoms with E-state index in [1.807, 2.05) is 0 Å². The van der Waals surface area contributed by atoms with Gasteiger partial charge in [-0.05, 0) is 25.7 Å². The minimum Gasteiger partial charge on any atom is -0.515 e. The van der Waals surface area contributed by atoms with Crippen molar-refractivity contribution < 1.29 is 19.8 Å². The number of hydrogen-bond acceptors (Lipinski definition) is 4. The van der Waals surface area contributed by atoms with E-state index >= 15 is 0 Å². The number of aliphatic hydroxyl groups excluding tert-OH is 2. The van der Waals surface area contributed by atoms with Crippen LogP contribution in [0.5, 0.6) is 0 Å². The zero-order chi connectivity index (χ0) is 11.7. The molecule has 2 fully saturated rings. The number of rotatable bonds is 0. The highest BCUT2D eigenvalue weighted by Gasteiger charge is 2.42. The number of Topliss-reactive ketones (excluding diaryl/α,β-unsaturated/α-hetero) is 2. The first-order valence-electron chi connectivity index (χ1n) is 5.44. The number of carbonyl (C=O) groups is 2. The summed E-state index contributed by atoms with van der Waals surface area (Å²) in [4.78, 5) is 23.7. The lowest BCUT2D eigenvalue weighted by atomic mass is 9.67. The maximum Gasteiger partial charge on any atom is 0.165 e. The molecule has 0 unspecified atom stereocenters. The highest BCUT2D eigenvalue weighted by Crippen LogP contribution is 2.40. The molecule has 2 aliphatic rings. The van der Waals surface area contributed by atoms with E-state index in [1.54, 1.807) is 0 Å². The summed E-state index contributed by atoms with van der Waals surface area (Å²) in [5.74, 6) is -0.820. The molecule has 16 heavy (non-hydrogen) atoms. The molecule has 0 spiro atoms. The Kier molecular flexibility index (Phi) is 2.81. The van der Waals surface area contributed by atoms with Crippen molar-refractivity contribution in [1.29, 1.82) is 0 Å². The van der Waals surface area contributed by atoms with Gasteiger partial charge < -0.3 is 10.2 Å². The van der Waals surface area contributed by atoms with Gasteiger partial charge in [0.2, 0.25) is 0 Å². The van der Waals surface area contributed by atoms with Gasteiger partial charge in [0.05, 0.1) is 12.5 Å². The van der Waals surface area contributed by atoms with Crippen LogP contribution in [0.1, 0.15) is 25.7 Å². The SMILES string of the molecule is O=C1C(=CO)CC[C@H]2C(=O)C(=CO)CC[C@H]12. The second kappa shape index (κ2) is 4.12. The molecule has 2 saturated carbocycles. The van der Waals surface area contributed by atoms with Crippen molar-refractivity contribution in [2.24, 2.45) is 11.8 Å². The summed E-state index contributed by atoms with van der Waals surface area (Å²) in [5.41, 5.74) is 0.843. The Hall–Kier alpha value is -1.58. The van der Waals surface area contributed by atoms with Crippen molar-refractivity contribution in [1.82, 2.24) is 0 Å². The molecule has 2 atom stereocenters. The van der Waals surface area contributed by atoms with E-state index in [2.05, 4.69) is 0 Å². The lowest BCUT2D eigenvalue weighted by Gasteiger charge is -2.34. The first-order chi connectivity index (χ1) is 7.69. The zero-order valence-corrected chi connectivity index (χ0v) is 8.85. The van der Waals surface area contributed by atoms with E-state index in [-0.39, 0.29) is 23.4 Å². The Bertz CT molecular complexity index is 354. The average Bonchev–Trinajstić information content (AvgIpc) is 2.31. The summed E-state index contributed by atoms with van der Waals surface area (Å²) in [6, 6.07) is 0. The summed E-state index contributed by atoms with van der Waals surface area (Å²) in [5, 5.41) is 17.8. The minimum absolute atomic E-state index is 0.107. The smallest absolute Gasteiger partial charge is 0.165 e. The van der Waals surface area contributed by atoms with Crippen molar-refractivity contribution in [2.45, 2.75) is 25.7 Å². The lowest BCUT2D eigenvalue weighted by Crippen LogP contribution is -2.39. The lowest BCUT2D eigenvalue weighted by molar-refractivity contribution is -0.132. The summed E-state index contributed by atoms with van der Waals surface area (Å²) in [6.07, 6.45) is 3.78. The van der Waals surface area contributed by atoms with Crippen LogP contribution in [0.15, 0.2) is 23.7 Å². The largest absolute Gasteiger partial charge is 0.515 e. The number of fused-ring (bicyclic) bond motifs is 1. The number of aliphatic hydroxyl groups is 2. The van der Waals surface area contributed by atoms with Gasteiger partial charge in [-0.2, -0.15) is 0 Å². The van der Waals surface area contributed by atoms with Crippen LogP contribution in [0, 0.1) is 11.8 Å². The summed E-state index contributed by atoms with van der Waals surface area (Å²) in [7, 11) is 0. The van der Waals surface area contributed by atoms with E-state index in [0.29, 0.717) is 36.8 Å². The fraction of sp³-hybridized carbons (Fsp3) is 0.500. The molecule has 4 heteroatoms. The Labute approximate surface area is 93.3 Å². The third-order valence-corrected chi connectivity index (χ3v) is 3.55. The predicted molar refractivity (Wildman–Crippen MR) is 56.9 cm³/mol. The Morgan fingerprint density at radius 3 is 1.56 bits per heavy atom. The monoisotopic (exact) mass is 222 g/mol. The van der Waals surface area contributed by atoms with E-state index in [4.69, 9.17) is 10.2 Å². The minimum atomic E-state index is -0.302. The highest BCUT2D eigenvalue weighted by molar-refractivity contribution is 6.06. The van der Waals surface area contributed by atoms with Gasteiger partial charge in [0.25, 0.3) is 0 Å². The number of hydrogen-bond donors (Lipinski definition) is 2. The second-order valence-corrected chi connectivity index (χ2v) is 4.33. The molecule has 0 aromatic rings. The van der Waals surface area contributed by atoms with E-state index in [1.165, 1.54) is 0 Å². The average molecular weight is 222 g/mol. The van der Waals surface area contributed by atoms with Gasteiger partial charge in [-0.1, -0.05) is 0 Å². The highest BCUT2D eigenvalue weighted by atomic mass is 16.2. The van der Waals surface area contributed by atoms with Gasteiger partial charge in [-0.25, -0.2) is 0 Å². The summed E-state index contributed by atoms with van der Waals surface area (Å²) in [6.45, 7) is 0. The fourth-order valence-corrected chi connectivity index (χ4v) is 2.63. The molecule has 0 aliphatic heterocycles. The van der Waals surface area contributed by atoms with Crippen LogP contribution in [0.4, 0.5) is 0 Å². The molecule has 2 aliphatic carbocycles. The first-order valence-corrected chi connectivity index (χ1v) is 5.44. The van der Waals surface area contributed by atoms with Gasteiger partial charge in [0, 0.05) is 23.0 Å². The van der Waals surface area contributed by atoms with Crippen LogP contribution < -0.4 is 0 Å². The van der Waals surface area contributed by atoms with Crippen LogP contribution in [-0.4, -0.2) is 21.8 Å². The van der Waals surface area contributed by atoms with E-state index in [0.717, 1.165) is 12.5 Å². The molecule has 86 valence electrons. The molecule has 0 aromatic carbocycles. The molecule has 0 heterocycles. The van der Waals surface area contributed by atoms with Crippen molar-refractivity contribution in [3.8, 4) is 0 Å². The summed E-state index contributed by atoms with van der Waals surface area (Å²) < 4.78 is 0. The Morgan fingerprint density at radius 2 is 1.25 bits per heavy atom. The van der Waals surface area contributed by atoms with Gasteiger partial charge >= 0.3 is 0 Å². The molecule has 4 nitrogen and oxygen atoms in total. The second-order valence-electron chi connectivity index (χ2n) is 4.33. The van der Waals surface area contributed by atoms with E-state index in [9.17, 15) is 9.59 Å². The summed E-state index contributed by atoms with van der Waals surface area (Å²) >= 11 is 0. The third kappa shape index (κ3) is 1.54. The van der Waals surface area contributed by atoms with Crippen LogP contribution in [0.3, 0.4) is 0 Å².